The van der Waals surface area contributed by atoms with E-state index in [0.717, 1.165) is 0 Å². The Morgan fingerprint density at radius 2 is 1.81 bits per heavy atom. The minimum atomic E-state index is -0.761. The summed E-state index contributed by atoms with van der Waals surface area (Å²) >= 11 is 0. The van der Waals surface area contributed by atoms with E-state index in [1.165, 1.54) is 0 Å². The molecule has 0 saturated carbocycles. The van der Waals surface area contributed by atoms with Crippen molar-refractivity contribution in [3.05, 3.63) is 0 Å². The number of carbonyl (C=O) groups is 2. The van der Waals surface area contributed by atoms with Crippen molar-refractivity contribution in [1.29, 1.82) is 0 Å². The second kappa shape index (κ2) is 7.25. The zero-order valence-electron chi connectivity index (χ0n) is 14.2. The maximum Gasteiger partial charge on any atom is 0.249 e. The second-order valence-corrected chi connectivity index (χ2v) is 6.14. The lowest BCUT2D eigenvalue weighted by Gasteiger charge is -2.48. The largest absolute Gasteiger partial charge is 0.380 e. The van der Waals surface area contributed by atoms with Crippen molar-refractivity contribution in [3.8, 4) is 0 Å². The Morgan fingerprint density at radius 3 is 2.24 bits per heavy atom. The van der Waals surface area contributed by atoms with Crippen LogP contribution in [0.4, 0.5) is 0 Å². The molecule has 0 aliphatic carbocycles. The van der Waals surface area contributed by atoms with Crippen LogP contribution in [0.2, 0.25) is 0 Å². The van der Waals surface area contributed by atoms with Crippen molar-refractivity contribution in [2.45, 2.75) is 72.0 Å². The molecule has 1 rings (SSSR count). The summed E-state index contributed by atoms with van der Waals surface area (Å²) in [6.07, 6.45) is 1.22. The van der Waals surface area contributed by atoms with Crippen molar-refractivity contribution >= 4 is 11.8 Å². The normalized spacial score (nSPS) is 23.4. The lowest BCUT2D eigenvalue weighted by atomic mass is 9.85. The van der Waals surface area contributed by atoms with E-state index >= 15 is 0 Å². The molecule has 0 aromatic heterocycles. The molecule has 0 aromatic rings. The quantitative estimate of drug-likeness (QED) is 0.781. The van der Waals surface area contributed by atoms with E-state index in [2.05, 4.69) is 19.2 Å². The van der Waals surface area contributed by atoms with Crippen molar-refractivity contribution < 1.29 is 14.3 Å². The van der Waals surface area contributed by atoms with Gasteiger partial charge in [0.2, 0.25) is 11.8 Å². The van der Waals surface area contributed by atoms with E-state index in [-0.39, 0.29) is 23.8 Å². The molecule has 21 heavy (non-hydrogen) atoms. The third-order valence-corrected chi connectivity index (χ3v) is 4.63. The summed E-state index contributed by atoms with van der Waals surface area (Å²) in [5.74, 6) is 0.193. The van der Waals surface area contributed by atoms with Gasteiger partial charge in [0, 0.05) is 6.61 Å². The smallest absolute Gasteiger partial charge is 0.249 e. The van der Waals surface area contributed by atoms with Gasteiger partial charge in [0.1, 0.15) is 11.6 Å². The van der Waals surface area contributed by atoms with E-state index in [9.17, 15) is 9.59 Å². The summed E-state index contributed by atoms with van der Waals surface area (Å²) in [6.45, 7) is 12.8. The Bertz CT molecular complexity index is 378. The summed E-state index contributed by atoms with van der Waals surface area (Å²) in [5, 5.41) is 2.94. The zero-order valence-corrected chi connectivity index (χ0v) is 14.2. The molecule has 2 amide bonds. The predicted octanol–water partition coefficient (Wildman–Crippen LogP) is 1.95. The van der Waals surface area contributed by atoms with Crippen LogP contribution in [0.1, 0.15) is 54.4 Å². The molecular formula is C16H30N2O3. The average molecular weight is 298 g/mol. The van der Waals surface area contributed by atoms with Crippen molar-refractivity contribution in [1.82, 2.24) is 10.2 Å². The summed E-state index contributed by atoms with van der Waals surface area (Å²) in [4.78, 5) is 27.1. The van der Waals surface area contributed by atoms with Crippen LogP contribution in [0.15, 0.2) is 0 Å². The van der Waals surface area contributed by atoms with E-state index in [1.807, 2.05) is 20.8 Å². The number of ether oxygens (including phenoxy) is 1. The van der Waals surface area contributed by atoms with Gasteiger partial charge in [0.05, 0.1) is 12.6 Å². The maximum atomic E-state index is 13.0. The van der Waals surface area contributed by atoms with Gasteiger partial charge >= 0.3 is 0 Å². The molecule has 1 heterocycles. The Hall–Kier alpha value is -1.10. The molecule has 2 atom stereocenters. The molecule has 1 N–H and O–H groups in total. The Morgan fingerprint density at radius 1 is 1.24 bits per heavy atom. The standard InChI is InChI=1S/C16H30N2O3/c1-7-16(8-2)15(20)18(12(6)14(19)17-16)13(11(4)5)10-21-9-3/h11-13H,7-10H2,1-6H3,(H,17,19). The molecular weight excluding hydrogens is 268 g/mol. The maximum absolute atomic E-state index is 13.0. The minimum Gasteiger partial charge on any atom is -0.380 e. The summed E-state index contributed by atoms with van der Waals surface area (Å²) < 4.78 is 5.55. The zero-order chi connectivity index (χ0) is 16.2. The summed E-state index contributed by atoms with van der Waals surface area (Å²) in [6, 6.07) is -0.521. The fourth-order valence-corrected chi connectivity index (χ4v) is 2.94. The van der Waals surface area contributed by atoms with Crippen molar-refractivity contribution in [2.24, 2.45) is 5.92 Å². The van der Waals surface area contributed by atoms with Gasteiger partial charge in [-0.3, -0.25) is 9.59 Å². The lowest BCUT2D eigenvalue weighted by molar-refractivity contribution is -0.160. The highest BCUT2D eigenvalue weighted by Gasteiger charge is 2.49. The molecule has 1 fully saturated rings. The first-order valence-electron chi connectivity index (χ1n) is 8.07. The van der Waals surface area contributed by atoms with Gasteiger partial charge in [-0.15, -0.1) is 0 Å². The van der Waals surface area contributed by atoms with Crippen LogP contribution in [0, 0.1) is 5.92 Å². The lowest BCUT2D eigenvalue weighted by Crippen LogP contribution is -2.72. The fraction of sp³-hybridized carbons (Fsp3) is 0.875. The first-order valence-corrected chi connectivity index (χ1v) is 8.07. The van der Waals surface area contributed by atoms with Crippen molar-refractivity contribution in [2.75, 3.05) is 13.2 Å². The Kier molecular flexibility index (Phi) is 6.20. The molecule has 1 aliphatic rings. The van der Waals surface area contributed by atoms with Crippen LogP contribution in [0.25, 0.3) is 0 Å². The molecule has 5 heteroatoms. The molecule has 0 spiro atoms. The number of rotatable bonds is 7. The number of hydrogen-bond donors (Lipinski definition) is 1. The Balaban J connectivity index is 3.14. The monoisotopic (exact) mass is 298 g/mol. The Labute approximate surface area is 128 Å². The minimum absolute atomic E-state index is 0.0259. The highest BCUT2D eigenvalue weighted by atomic mass is 16.5. The first kappa shape index (κ1) is 18.0. The molecule has 0 radical (unpaired) electrons. The second-order valence-electron chi connectivity index (χ2n) is 6.14. The fourth-order valence-electron chi connectivity index (χ4n) is 2.94. The predicted molar refractivity (Wildman–Crippen MR) is 82.9 cm³/mol. The van der Waals surface area contributed by atoms with Gasteiger partial charge < -0.3 is 15.0 Å². The molecule has 0 aromatic carbocycles. The van der Waals surface area contributed by atoms with Gasteiger partial charge in [-0.25, -0.2) is 0 Å². The van der Waals surface area contributed by atoms with Crippen LogP contribution in [0.3, 0.4) is 0 Å². The van der Waals surface area contributed by atoms with Gasteiger partial charge in [0.25, 0.3) is 0 Å². The van der Waals surface area contributed by atoms with Gasteiger partial charge in [-0.2, -0.15) is 0 Å². The first-order chi connectivity index (χ1) is 9.84. The molecule has 5 nitrogen and oxygen atoms in total. The SMILES string of the molecule is CCOCC(C(C)C)N1C(=O)C(CC)(CC)NC(=O)C1C. The van der Waals surface area contributed by atoms with Crippen molar-refractivity contribution in [3.63, 3.8) is 0 Å². The number of amides is 2. The number of hydrogen-bond acceptors (Lipinski definition) is 3. The third kappa shape index (κ3) is 3.39. The highest BCUT2D eigenvalue weighted by molar-refractivity contribution is 5.99. The van der Waals surface area contributed by atoms with Gasteiger partial charge in [-0.1, -0.05) is 27.7 Å². The summed E-state index contributed by atoms with van der Waals surface area (Å²) in [7, 11) is 0. The number of piperazine rings is 1. The van der Waals surface area contributed by atoms with Gasteiger partial charge in [0.15, 0.2) is 0 Å². The molecule has 1 saturated heterocycles. The molecule has 1 aliphatic heterocycles. The topological polar surface area (TPSA) is 58.6 Å². The number of carbonyl (C=O) groups excluding carboxylic acids is 2. The average Bonchev–Trinajstić information content (AvgIpc) is 2.46. The van der Waals surface area contributed by atoms with E-state index < -0.39 is 11.6 Å². The van der Waals surface area contributed by atoms with Crippen LogP contribution in [-0.4, -0.2) is 47.6 Å². The van der Waals surface area contributed by atoms with Crippen LogP contribution >= 0.6 is 0 Å². The number of nitrogens with one attached hydrogen (secondary N) is 1. The van der Waals surface area contributed by atoms with E-state index in [4.69, 9.17) is 4.74 Å². The van der Waals surface area contributed by atoms with Crippen LogP contribution < -0.4 is 5.32 Å². The summed E-state index contributed by atoms with van der Waals surface area (Å²) in [5.41, 5.74) is -0.761. The van der Waals surface area contributed by atoms with E-state index in [1.54, 1.807) is 11.8 Å². The highest BCUT2D eigenvalue weighted by Crippen LogP contribution is 2.28. The molecule has 2 unspecified atom stereocenters. The molecule has 122 valence electrons. The third-order valence-electron chi connectivity index (χ3n) is 4.63. The number of nitrogens with zero attached hydrogens (tertiary/aromatic N) is 1. The van der Waals surface area contributed by atoms with Gasteiger partial charge in [-0.05, 0) is 32.6 Å². The van der Waals surface area contributed by atoms with Crippen LogP contribution in [-0.2, 0) is 14.3 Å². The van der Waals surface area contributed by atoms with Crippen LogP contribution in [0.5, 0.6) is 0 Å². The van der Waals surface area contributed by atoms with E-state index in [0.29, 0.717) is 26.1 Å². The molecule has 0 bridgehead atoms.